The first kappa shape index (κ1) is 26.5. The van der Waals surface area contributed by atoms with Gasteiger partial charge in [0.05, 0.1) is 11.1 Å². The minimum absolute atomic E-state index is 0.0248. The molecule has 0 heterocycles. The highest BCUT2D eigenvalue weighted by molar-refractivity contribution is 6.06. The second-order valence-electron chi connectivity index (χ2n) is 10.2. The van der Waals surface area contributed by atoms with Crippen LogP contribution < -0.4 is 5.32 Å². The number of aromatic carboxylic acids is 2. The average molecular weight is 538 g/mol. The largest absolute Gasteiger partial charge is 0.508 e. The second-order valence-corrected chi connectivity index (χ2v) is 10.2. The highest BCUT2D eigenvalue weighted by atomic mass is 16.4. The van der Waals surface area contributed by atoms with Crippen LogP contribution in [0.25, 0.3) is 11.1 Å². The molecular weight excluding hydrogens is 510 g/mol. The number of carboxylic acid groups (broad SMARTS) is 2. The molecule has 202 valence electrons. The molecule has 5 N–H and O–H groups in total. The van der Waals surface area contributed by atoms with Crippen molar-refractivity contribution in [1.82, 2.24) is 0 Å². The predicted octanol–water partition coefficient (Wildman–Crippen LogP) is 6.30. The lowest BCUT2D eigenvalue weighted by molar-refractivity contribution is 0.0686. The second kappa shape index (κ2) is 10.2. The van der Waals surface area contributed by atoms with Gasteiger partial charge in [0, 0.05) is 11.3 Å². The Hall–Kier alpha value is -5.11. The number of carbonyl (C=O) groups is 3. The number of anilines is 1. The topological polar surface area (TPSA) is 144 Å². The number of rotatable bonds is 7. The summed E-state index contributed by atoms with van der Waals surface area (Å²) in [6.07, 6.45) is 0.816. The monoisotopic (exact) mass is 537 g/mol. The van der Waals surface area contributed by atoms with Crippen LogP contribution in [0.2, 0.25) is 0 Å². The fraction of sp³-hybridized carbons (Fsp3) is 0.156. The Bertz CT molecular complexity index is 1690. The summed E-state index contributed by atoms with van der Waals surface area (Å²) in [7, 11) is 0. The summed E-state index contributed by atoms with van der Waals surface area (Å²) in [5, 5.41) is 41.7. The normalized spacial score (nSPS) is 15.8. The molecule has 4 aromatic carbocycles. The summed E-state index contributed by atoms with van der Waals surface area (Å²) < 4.78 is 0. The summed E-state index contributed by atoms with van der Waals surface area (Å²) in [6.45, 7) is 3.61. The molecule has 0 aliphatic heterocycles. The lowest BCUT2D eigenvalue weighted by Gasteiger charge is -2.13. The maximum absolute atomic E-state index is 13.0. The molecule has 1 fully saturated rings. The number of amides is 1. The van der Waals surface area contributed by atoms with Crippen molar-refractivity contribution in [2.24, 2.45) is 0 Å². The highest BCUT2D eigenvalue weighted by Crippen LogP contribution is 2.56. The Morgan fingerprint density at radius 3 is 1.93 bits per heavy atom. The molecule has 1 unspecified atom stereocenters. The van der Waals surface area contributed by atoms with Gasteiger partial charge in [0.25, 0.3) is 5.91 Å². The number of aryl methyl sites for hydroxylation is 2. The van der Waals surface area contributed by atoms with Gasteiger partial charge in [0.2, 0.25) is 0 Å². The van der Waals surface area contributed by atoms with Gasteiger partial charge in [-0.05, 0) is 126 Å². The van der Waals surface area contributed by atoms with Gasteiger partial charge in [-0.15, -0.1) is 0 Å². The average Bonchev–Trinajstić information content (AvgIpc) is 3.68. The van der Waals surface area contributed by atoms with Crippen molar-refractivity contribution in [1.29, 1.82) is 0 Å². The molecular formula is C32H27NO7. The molecule has 1 aliphatic rings. The number of phenols is 2. The van der Waals surface area contributed by atoms with Crippen LogP contribution in [0.1, 0.15) is 71.6 Å². The van der Waals surface area contributed by atoms with Crippen LogP contribution in [0.15, 0.2) is 72.8 Å². The van der Waals surface area contributed by atoms with Crippen molar-refractivity contribution in [2.75, 3.05) is 5.32 Å². The van der Waals surface area contributed by atoms with Crippen LogP contribution >= 0.6 is 0 Å². The number of nitrogens with one attached hydrogen (secondary N) is 1. The standard InChI is InChI=1S/C32H27NO7/c1-16-7-24(34)3-5-26(16)29-15-28(29)20-9-18(10-21(12-20)31(37)38)19-11-22(32(39)40)14-23(13-19)33-30(36)27-6-4-25(35)8-17(27)2/h3-14,28-29,34-35H,15H2,1-2H3,(H,33,36)(H,37,38)(H,39,40)/t28?,29-/m1/s1. The van der Waals surface area contributed by atoms with Crippen molar-refractivity contribution >= 4 is 23.5 Å². The Morgan fingerprint density at radius 1 is 0.700 bits per heavy atom. The number of carbonyl (C=O) groups excluding carboxylic acids is 1. The van der Waals surface area contributed by atoms with Crippen LogP contribution in [0, 0.1) is 13.8 Å². The summed E-state index contributed by atoms with van der Waals surface area (Å²) in [4.78, 5) is 36.9. The summed E-state index contributed by atoms with van der Waals surface area (Å²) in [6, 6.07) is 19.0. The Morgan fingerprint density at radius 2 is 1.30 bits per heavy atom. The van der Waals surface area contributed by atoms with Crippen LogP contribution in [0.3, 0.4) is 0 Å². The zero-order valence-electron chi connectivity index (χ0n) is 21.8. The van der Waals surface area contributed by atoms with E-state index in [0.29, 0.717) is 22.3 Å². The van der Waals surface area contributed by atoms with Gasteiger partial charge in [-0.2, -0.15) is 0 Å². The molecule has 1 amide bonds. The molecule has 0 aromatic heterocycles. The van der Waals surface area contributed by atoms with E-state index in [-0.39, 0.29) is 40.1 Å². The van der Waals surface area contributed by atoms with E-state index in [0.717, 1.165) is 23.1 Å². The third kappa shape index (κ3) is 5.37. The SMILES string of the molecule is Cc1cc(O)ccc1C(=O)Nc1cc(C(=O)O)cc(-c2cc(C(=O)O)cc(C3C[C@@H]3c3ccc(O)cc3C)c2)c1. The maximum atomic E-state index is 13.0. The Labute approximate surface area is 230 Å². The van der Waals surface area contributed by atoms with E-state index >= 15 is 0 Å². The minimum Gasteiger partial charge on any atom is -0.508 e. The van der Waals surface area contributed by atoms with Gasteiger partial charge in [-0.1, -0.05) is 12.1 Å². The molecule has 1 aliphatic carbocycles. The predicted molar refractivity (Wildman–Crippen MR) is 150 cm³/mol. The summed E-state index contributed by atoms with van der Waals surface area (Å²) in [5.41, 5.74) is 4.94. The molecule has 1 saturated carbocycles. The van der Waals surface area contributed by atoms with E-state index < -0.39 is 17.8 Å². The van der Waals surface area contributed by atoms with Crippen molar-refractivity contribution in [2.45, 2.75) is 32.1 Å². The first-order valence-corrected chi connectivity index (χ1v) is 12.7. The number of aromatic hydroxyl groups is 2. The number of hydrogen-bond donors (Lipinski definition) is 5. The van der Waals surface area contributed by atoms with E-state index in [9.17, 15) is 34.8 Å². The van der Waals surface area contributed by atoms with Crippen molar-refractivity contribution in [3.63, 3.8) is 0 Å². The van der Waals surface area contributed by atoms with Gasteiger partial charge >= 0.3 is 11.9 Å². The molecule has 0 bridgehead atoms. The van der Waals surface area contributed by atoms with E-state index in [4.69, 9.17) is 0 Å². The molecule has 8 nitrogen and oxygen atoms in total. The van der Waals surface area contributed by atoms with Crippen molar-refractivity contribution in [3.8, 4) is 22.6 Å². The number of hydrogen-bond acceptors (Lipinski definition) is 5. The number of benzene rings is 4. The van der Waals surface area contributed by atoms with E-state index in [1.165, 1.54) is 36.4 Å². The quantitative estimate of drug-likeness (QED) is 0.186. The molecule has 2 atom stereocenters. The number of phenolic OH excluding ortho intramolecular Hbond substituents is 2. The number of carboxylic acids is 2. The van der Waals surface area contributed by atoms with E-state index in [2.05, 4.69) is 5.32 Å². The molecule has 5 rings (SSSR count). The van der Waals surface area contributed by atoms with E-state index in [1.54, 1.807) is 31.2 Å². The molecule has 40 heavy (non-hydrogen) atoms. The zero-order chi connectivity index (χ0) is 28.7. The van der Waals surface area contributed by atoms with Gasteiger partial charge in [-0.25, -0.2) is 9.59 Å². The molecule has 0 spiro atoms. The molecule has 0 radical (unpaired) electrons. The first-order chi connectivity index (χ1) is 19.0. The first-order valence-electron chi connectivity index (χ1n) is 12.7. The molecule has 0 saturated heterocycles. The minimum atomic E-state index is -1.20. The Kier molecular flexibility index (Phi) is 6.77. The smallest absolute Gasteiger partial charge is 0.335 e. The zero-order valence-corrected chi connectivity index (χ0v) is 21.8. The fourth-order valence-corrected chi connectivity index (χ4v) is 5.23. The third-order valence-corrected chi connectivity index (χ3v) is 7.30. The lowest BCUT2D eigenvalue weighted by atomic mass is 9.94. The van der Waals surface area contributed by atoms with E-state index in [1.807, 2.05) is 19.1 Å². The Balaban J connectivity index is 1.52. The van der Waals surface area contributed by atoms with Crippen LogP contribution in [-0.2, 0) is 0 Å². The lowest BCUT2D eigenvalue weighted by Crippen LogP contribution is -2.14. The van der Waals surface area contributed by atoms with Crippen molar-refractivity contribution < 1.29 is 34.8 Å². The van der Waals surface area contributed by atoms with Crippen LogP contribution in [-0.4, -0.2) is 38.3 Å². The fourth-order valence-electron chi connectivity index (χ4n) is 5.23. The highest BCUT2D eigenvalue weighted by Gasteiger charge is 2.40. The third-order valence-electron chi connectivity index (χ3n) is 7.30. The van der Waals surface area contributed by atoms with Gasteiger partial charge in [-0.3, -0.25) is 4.79 Å². The van der Waals surface area contributed by atoms with Crippen molar-refractivity contribution in [3.05, 3.63) is 112 Å². The summed E-state index contributed by atoms with van der Waals surface area (Å²) >= 11 is 0. The van der Waals surface area contributed by atoms with Gasteiger partial charge < -0.3 is 25.7 Å². The van der Waals surface area contributed by atoms with Gasteiger partial charge in [0.15, 0.2) is 0 Å². The van der Waals surface area contributed by atoms with Gasteiger partial charge in [0.1, 0.15) is 11.5 Å². The van der Waals surface area contributed by atoms with Crippen LogP contribution in [0.4, 0.5) is 5.69 Å². The summed E-state index contributed by atoms with van der Waals surface area (Å²) in [5.74, 6) is -2.32. The van der Waals surface area contributed by atoms with Crippen LogP contribution in [0.5, 0.6) is 11.5 Å². The maximum Gasteiger partial charge on any atom is 0.335 e. The molecule has 4 aromatic rings. The molecule has 8 heteroatoms.